The van der Waals surface area contributed by atoms with Crippen LogP contribution in [0.5, 0.6) is 0 Å². The van der Waals surface area contributed by atoms with Gasteiger partial charge in [0.05, 0.1) is 49.6 Å². The number of aliphatic carboxylic acids is 1. The summed E-state index contributed by atoms with van der Waals surface area (Å²) in [4.78, 5) is 51.8. The maximum atomic E-state index is 13.3. The first-order valence-corrected chi connectivity index (χ1v) is 13.5. The van der Waals surface area contributed by atoms with Gasteiger partial charge in [0.2, 0.25) is 0 Å². The molecule has 6 atom stereocenters. The summed E-state index contributed by atoms with van der Waals surface area (Å²) in [6, 6.07) is 0. The fraction of sp³-hybridized carbons (Fsp3) is 0.857. The number of carboxylic acid groups (broad SMARTS) is 1. The molecule has 0 aromatic rings. The Bertz CT molecular complexity index is 915. The molecule has 2 fully saturated rings. The number of hydrogen-bond donors (Lipinski definition) is 3. The molecule has 2 rings (SSSR count). The van der Waals surface area contributed by atoms with E-state index in [1.54, 1.807) is 13.8 Å². The first kappa shape index (κ1) is 32.0. The van der Waals surface area contributed by atoms with Crippen LogP contribution in [0.4, 0.5) is 0 Å². The molecular weight excluding hydrogens is 496 g/mol. The highest BCUT2D eigenvalue weighted by Gasteiger charge is 2.63. The Morgan fingerprint density at radius 3 is 2.00 bits per heavy atom. The Morgan fingerprint density at radius 2 is 1.61 bits per heavy atom. The Kier molecular flexibility index (Phi) is 9.69. The van der Waals surface area contributed by atoms with E-state index in [-0.39, 0.29) is 30.0 Å². The number of carboxylic acids is 1. The van der Waals surface area contributed by atoms with E-state index in [1.807, 2.05) is 0 Å². The third-order valence-corrected chi connectivity index (χ3v) is 10.0. The molecule has 10 heteroatoms. The van der Waals surface area contributed by atoms with Crippen LogP contribution in [0.15, 0.2) is 0 Å². The Balaban J connectivity index is 2.40. The highest BCUT2D eigenvalue weighted by atomic mass is 16.5. The van der Waals surface area contributed by atoms with Gasteiger partial charge in [-0.2, -0.15) is 0 Å². The van der Waals surface area contributed by atoms with E-state index in [0.717, 1.165) is 26.4 Å². The zero-order chi connectivity index (χ0) is 29.2. The predicted molar refractivity (Wildman–Crippen MR) is 137 cm³/mol. The highest BCUT2D eigenvalue weighted by Crippen LogP contribution is 2.66. The quantitative estimate of drug-likeness (QED) is 0.220. The summed E-state index contributed by atoms with van der Waals surface area (Å²) in [6.45, 7) is 9.46. The molecule has 0 aliphatic heterocycles. The van der Waals surface area contributed by atoms with Crippen molar-refractivity contribution in [3.8, 4) is 0 Å². The van der Waals surface area contributed by atoms with E-state index in [9.17, 15) is 34.5 Å². The molecule has 6 unspecified atom stereocenters. The lowest BCUT2D eigenvalue weighted by atomic mass is 9.62. The summed E-state index contributed by atoms with van der Waals surface area (Å²) < 4.78 is 15.9. The first-order chi connectivity index (χ1) is 17.6. The van der Waals surface area contributed by atoms with E-state index in [0.29, 0.717) is 5.92 Å². The summed E-state index contributed by atoms with van der Waals surface area (Å²) in [5, 5.41) is 30.9. The van der Waals surface area contributed by atoms with Crippen LogP contribution in [0.3, 0.4) is 0 Å². The number of ether oxygens (including phenoxy) is 3. The van der Waals surface area contributed by atoms with Gasteiger partial charge in [-0.1, -0.05) is 27.7 Å². The largest absolute Gasteiger partial charge is 0.481 e. The number of rotatable bonds is 14. The van der Waals surface area contributed by atoms with Crippen molar-refractivity contribution in [3.05, 3.63) is 0 Å². The minimum absolute atomic E-state index is 0.00857. The number of fused-ring (bicyclic) bond motifs is 2. The number of aliphatic hydroxyl groups excluding tert-OH is 2. The van der Waals surface area contributed by atoms with Gasteiger partial charge in [-0.15, -0.1) is 0 Å². The second-order valence-electron chi connectivity index (χ2n) is 12.4. The van der Waals surface area contributed by atoms with Crippen LogP contribution < -0.4 is 0 Å². The molecule has 0 amide bonds. The van der Waals surface area contributed by atoms with E-state index in [2.05, 4.69) is 20.8 Å². The molecule has 2 bridgehead atoms. The number of hydrogen-bond acceptors (Lipinski definition) is 9. The fourth-order valence-corrected chi connectivity index (χ4v) is 6.89. The average Bonchev–Trinajstić information content (AvgIpc) is 3.20. The lowest BCUT2D eigenvalue weighted by Crippen LogP contribution is -2.50. The van der Waals surface area contributed by atoms with E-state index < -0.39 is 72.6 Å². The Labute approximate surface area is 225 Å². The van der Waals surface area contributed by atoms with E-state index in [4.69, 9.17) is 14.2 Å². The van der Waals surface area contributed by atoms with E-state index in [1.165, 1.54) is 6.92 Å². The van der Waals surface area contributed by atoms with Gasteiger partial charge in [0, 0.05) is 5.41 Å². The molecule has 0 heterocycles. The second kappa shape index (κ2) is 11.5. The van der Waals surface area contributed by atoms with Gasteiger partial charge in [0.15, 0.2) is 0 Å². The van der Waals surface area contributed by atoms with Crippen molar-refractivity contribution in [2.45, 2.75) is 92.6 Å². The van der Waals surface area contributed by atoms with Gasteiger partial charge in [-0.25, -0.2) is 0 Å². The van der Waals surface area contributed by atoms with Crippen molar-refractivity contribution in [3.63, 3.8) is 0 Å². The van der Waals surface area contributed by atoms with Crippen LogP contribution in [-0.2, 0) is 33.4 Å². The summed E-state index contributed by atoms with van der Waals surface area (Å²) in [5.41, 5.74) is -5.56. The Hall–Kier alpha value is -2.20. The van der Waals surface area contributed by atoms with Crippen LogP contribution in [-0.4, -0.2) is 72.2 Å². The molecule has 0 aromatic carbocycles. The summed E-state index contributed by atoms with van der Waals surface area (Å²) in [5.74, 6) is -3.34. The predicted octanol–water partition coefficient (Wildman–Crippen LogP) is 3.11. The van der Waals surface area contributed by atoms with Gasteiger partial charge in [-0.3, -0.25) is 19.2 Å². The molecule has 10 nitrogen and oxygen atoms in total. The molecule has 0 radical (unpaired) electrons. The molecule has 3 N–H and O–H groups in total. The van der Waals surface area contributed by atoms with Crippen LogP contribution >= 0.6 is 0 Å². The molecular formula is C28H46O10. The first-order valence-electron chi connectivity index (χ1n) is 13.5. The maximum Gasteiger partial charge on any atom is 0.314 e. The van der Waals surface area contributed by atoms with Gasteiger partial charge in [-0.05, 0) is 63.7 Å². The lowest BCUT2D eigenvalue weighted by molar-refractivity contribution is -0.177. The zero-order valence-corrected chi connectivity index (χ0v) is 23.9. The number of aliphatic hydroxyl groups is 2. The highest BCUT2D eigenvalue weighted by molar-refractivity contribution is 5.85. The number of esters is 3. The molecule has 2 aliphatic carbocycles. The van der Waals surface area contributed by atoms with E-state index >= 15 is 0 Å². The average molecular weight is 543 g/mol. The molecule has 38 heavy (non-hydrogen) atoms. The molecule has 218 valence electrons. The van der Waals surface area contributed by atoms with Gasteiger partial charge >= 0.3 is 23.9 Å². The third kappa shape index (κ3) is 5.43. The van der Waals surface area contributed by atoms with Crippen molar-refractivity contribution in [1.29, 1.82) is 0 Å². The molecule has 0 aromatic heterocycles. The number of carbonyl (C=O) groups excluding carboxylic acids is 3. The summed E-state index contributed by atoms with van der Waals surface area (Å²) >= 11 is 0. The minimum Gasteiger partial charge on any atom is -0.481 e. The SMILES string of the molecule is CCOC(=O)C(C)(CO)CC(CO)(CC(CC)(CC(=O)OC1CC2CCC1(C)C2(C)C)C(=O)O)C(=O)OC. The Morgan fingerprint density at radius 1 is 0.974 bits per heavy atom. The topological polar surface area (TPSA) is 157 Å². The standard InChI is InChI=1S/C28H46O10/c1-8-27(21(32)33,13-20(31)38-19-12-18-10-11-26(19,6)24(18,3)4)15-28(17-30,23(35)36-7)14-25(5,16-29)22(34)37-9-2/h18-19,29-30H,8-17H2,1-7H3,(H,32,33). The monoisotopic (exact) mass is 542 g/mol. The molecule has 2 saturated carbocycles. The van der Waals surface area contributed by atoms with Gasteiger partial charge in [0.25, 0.3) is 0 Å². The van der Waals surface area contributed by atoms with Gasteiger partial charge < -0.3 is 29.5 Å². The maximum absolute atomic E-state index is 13.3. The van der Waals surface area contributed by atoms with Gasteiger partial charge in [0.1, 0.15) is 6.10 Å². The smallest absolute Gasteiger partial charge is 0.314 e. The minimum atomic E-state index is -1.91. The van der Waals surface area contributed by atoms with Crippen molar-refractivity contribution < 1.29 is 48.7 Å². The third-order valence-electron chi connectivity index (χ3n) is 10.0. The number of methoxy groups -OCH3 is 1. The number of carbonyl (C=O) groups is 4. The fourth-order valence-electron chi connectivity index (χ4n) is 6.89. The van der Waals surface area contributed by atoms with Crippen LogP contribution in [0.25, 0.3) is 0 Å². The second-order valence-corrected chi connectivity index (χ2v) is 12.4. The van der Waals surface area contributed by atoms with Crippen LogP contribution in [0.1, 0.15) is 86.5 Å². The van der Waals surface area contributed by atoms with Crippen molar-refractivity contribution >= 4 is 23.9 Å². The normalized spacial score (nSPS) is 28.4. The molecule has 0 spiro atoms. The summed E-state index contributed by atoms with van der Waals surface area (Å²) in [7, 11) is 1.09. The lowest BCUT2D eigenvalue weighted by Gasteiger charge is -2.42. The summed E-state index contributed by atoms with van der Waals surface area (Å²) in [6.07, 6.45) is 0.841. The van der Waals surface area contributed by atoms with Crippen LogP contribution in [0.2, 0.25) is 0 Å². The molecule has 2 aliphatic rings. The van der Waals surface area contributed by atoms with Crippen molar-refractivity contribution in [1.82, 2.24) is 0 Å². The van der Waals surface area contributed by atoms with Crippen molar-refractivity contribution in [2.24, 2.45) is 33.0 Å². The van der Waals surface area contributed by atoms with Crippen molar-refractivity contribution in [2.75, 3.05) is 26.9 Å². The molecule has 0 saturated heterocycles. The zero-order valence-electron chi connectivity index (χ0n) is 23.9. The van der Waals surface area contributed by atoms with Crippen LogP contribution in [0, 0.1) is 33.0 Å².